The number of amides is 2. The van der Waals surface area contributed by atoms with E-state index in [0.717, 1.165) is 0 Å². The summed E-state index contributed by atoms with van der Waals surface area (Å²) in [6.07, 6.45) is 0. The molecule has 1 saturated heterocycles. The molecule has 1 aliphatic heterocycles. The molecule has 1 aromatic carbocycles. The molecule has 2 amide bonds. The SMILES string of the molecule is CC(C)(C)[C@@H](NCC(=O)N1CCNC(=O)C1)c1ccccc1. The van der Waals surface area contributed by atoms with Crippen molar-refractivity contribution in [1.82, 2.24) is 15.5 Å². The van der Waals surface area contributed by atoms with Gasteiger partial charge in [-0.25, -0.2) is 0 Å². The summed E-state index contributed by atoms with van der Waals surface area (Å²) in [5.74, 6) is -0.116. The molecular formula is C17H25N3O2. The molecule has 0 saturated carbocycles. The fourth-order valence-corrected chi connectivity index (χ4v) is 2.72. The summed E-state index contributed by atoms with van der Waals surface area (Å²) in [5, 5.41) is 6.09. The van der Waals surface area contributed by atoms with Crippen LogP contribution in [0.3, 0.4) is 0 Å². The quantitative estimate of drug-likeness (QED) is 0.882. The van der Waals surface area contributed by atoms with E-state index in [2.05, 4.69) is 43.5 Å². The molecule has 1 heterocycles. The second-order valence-electron chi connectivity index (χ2n) is 6.76. The van der Waals surface area contributed by atoms with E-state index < -0.39 is 0 Å². The van der Waals surface area contributed by atoms with Crippen molar-refractivity contribution < 1.29 is 9.59 Å². The van der Waals surface area contributed by atoms with Crippen LogP contribution in [-0.4, -0.2) is 42.9 Å². The van der Waals surface area contributed by atoms with Crippen LogP contribution in [0.2, 0.25) is 0 Å². The second-order valence-corrected chi connectivity index (χ2v) is 6.76. The number of hydrogen-bond donors (Lipinski definition) is 2. The highest BCUT2D eigenvalue weighted by Gasteiger charge is 2.28. The maximum Gasteiger partial charge on any atom is 0.239 e. The third kappa shape index (κ3) is 4.31. The highest BCUT2D eigenvalue weighted by Crippen LogP contribution is 2.32. The van der Waals surface area contributed by atoms with E-state index in [1.807, 2.05) is 18.2 Å². The Kier molecular flexibility index (Phi) is 5.19. The lowest BCUT2D eigenvalue weighted by molar-refractivity contribution is -0.137. The van der Waals surface area contributed by atoms with Crippen molar-refractivity contribution in [3.8, 4) is 0 Å². The molecule has 120 valence electrons. The van der Waals surface area contributed by atoms with E-state index in [1.165, 1.54) is 5.56 Å². The van der Waals surface area contributed by atoms with Crippen LogP contribution < -0.4 is 10.6 Å². The predicted octanol–water partition coefficient (Wildman–Crippen LogP) is 1.32. The molecule has 22 heavy (non-hydrogen) atoms. The van der Waals surface area contributed by atoms with Gasteiger partial charge in [-0.05, 0) is 11.0 Å². The molecule has 0 spiro atoms. The zero-order valence-corrected chi connectivity index (χ0v) is 13.6. The molecule has 0 unspecified atom stereocenters. The van der Waals surface area contributed by atoms with Crippen molar-refractivity contribution in [3.05, 3.63) is 35.9 Å². The Morgan fingerprint density at radius 1 is 1.32 bits per heavy atom. The summed E-state index contributed by atoms with van der Waals surface area (Å²) in [6, 6.07) is 10.2. The van der Waals surface area contributed by atoms with Crippen LogP contribution in [0.15, 0.2) is 30.3 Å². The monoisotopic (exact) mass is 303 g/mol. The minimum atomic E-state index is -0.0879. The largest absolute Gasteiger partial charge is 0.353 e. The molecule has 2 N–H and O–H groups in total. The summed E-state index contributed by atoms with van der Waals surface area (Å²) in [4.78, 5) is 25.3. The third-order valence-corrected chi connectivity index (χ3v) is 3.85. The Balaban J connectivity index is 2.00. The van der Waals surface area contributed by atoms with Gasteiger partial charge in [-0.2, -0.15) is 0 Å². The number of nitrogens with zero attached hydrogens (tertiary/aromatic N) is 1. The van der Waals surface area contributed by atoms with Crippen molar-refractivity contribution in [1.29, 1.82) is 0 Å². The van der Waals surface area contributed by atoms with Gasteiger partial charge in [0.25, 0.3) is 0 Å². The Bertz CT molecular complexity index is 522. The number of carbonyl (C=O) groups is 2. The zero-order valence-electron chi connectivity index (χ0n) is 13.6. The van der Waals surface area contributed by atoms with E-state index in [0.29, 0.717) is 13.1 Å². The number of carbonyl (C=O) groups excluding carboxylic acids is 2. The van der Waals surface area contributed by atoms with Crippen LogP contribution in [0.5, 0.6) is 0 Å². The third-order valence-electron chi connectivity index (χ3n) is 3.85. The van der Waals surface area contributed by atoms with Gasteiger partial charge in [-0.15, -0.1) is 0 Å². The van der Waals surface area contributed by atoms with Crippen molar-refractivity contribution in [2.75, 3.05) is 26.2 Å². The fourth-order valence-electron chi connectivity index (χ4n) is 2.72. The van der Waals surface area contributed by atoms with E-state index in [-0.39, 0.29) is 36.4 Å². The first-order chi connectivity index (χ1) is 10.4. The van der Waals surface area contributed by atoms with Crippen molar-refractivity contribution in [3.63, 3.8) is 0 Å². The van der Waals surface area contributed by atoms with Crippen LogP contribution >= 0.6 is 0 Å². The molecule has 1 atom stereocenters. The normalized spacial score (nSPS) is 17.0. The van der Waals surface area contributed by atoms with Gasteiger partial charge in [0.15, 0.2) is 0 Å². The average molecular weight is 303 g/mol. The Morgan fingerprint density at radius 2 is 2.00 bits per heavy atom. The Labute approximate surface area is 132 Å². The van der Waals surface area contributed by atoms with E-state index >= 15 is 0 Å². The summed E-state index contributed by atoms with van der Waals surface area (Å²) in [6.45, 7) is 7.96. The van der Waals surface area contributed by atoms with Gasteiger partial charge >= 0.3 is 0 Å². The predicted molar refractivity (Wildman–Crippen MR) is 86.2 cm³/mol. The highest BCUT2D eigenvalue weighted by molar-refractivity contribution is 5.86. The Hall–Kier alpha value is -1.88. The average Bonchev–Trinajstić information content (AvgIpc) is 2.47. The van der Waals surface area contributed by atoms with Gasteiger partial charge < -0.3 is 15.5 Å². The molecule has 1 aromatic rings. The lowest BCUT2D eigenvalue weighted by Gasteiger charge is -2.33. The first kappa shape index (κ1) is 16.5. The fraction of sp³-hybridized carbons (Fsp3) is 0.529. The second kappa shape index (κ2) is 6.92. The van der Waals surface area contributed by atoms with Gasteiger partial charge in [-0.1, -0.05) is 51.1 Å². The molecule has 0 aliphatic carbocycles. The maximum absolute atomic E-state index is 12.3. The number of piperazine rings is 1. The number of rotatable bonds is 4. The topological polar surface area (TPSA) is 61.4 Å². The van der Waals surface area contributed by atoms with E-state index in [4.69, 9.17) is 0 Å². The number of benzene rings is 1. The molecule has 1 aliphatic rings. The summed E-state index contributed by atoms with van der Waals surface area (Å²) < 4.78 is 0. The maximum atomic E-state index is 12.3. The standard InChI is InChI=1S/C17H25N3O2/c1-17(2,3)16(13-7-5-4-6-8-13)19-11-15(22)20-10-9-18-14(21)12-20/h4-8,16,19H,9-12H2,1-3H3,(H,18,21)/t16-/m0/s1. The van der Waals surface area contributed by atoms with Crippen LogP contribution in [0.1, 0.15) is 32.4 Å². The highest BCUT2D eigenvalue weighted by atomic mass is 16.2. The lowest BCUT2D eigenvalue weighted by atomic mass is 9.82. The van der Waals surface area contributed by atoms with Crippen LogP contribution in [0.4, 0.5) is 0 Å². The Morgan fingerprint density at radius 3 is 2.59 bits per heavy atom. The van der Waals surface area contributed by atoms with Crippen LogP contribution in [-0.2, 0) is 9.59 Å². The lowest BCUT2D eigenvalue weighted by Crippen LogP contribution is -2.52. The van der Waals surface area contributed by atoms with Gasteiger partial charge in [0.1, 0.15) is 0 Å². The van der Waals surface area contributed by atoms with Gasteiger partial charge in [0, 0.05) is 19.1 Å². The van der Waals surface area contributed by atoms with Crippen molar-refractivity contribution >= 4 is 11.8 Å². The minimum Gasteiger partial charge on any atom is -0.353 e. The number of nitrogens with one attached hydrogen (secondary N) is 2. The van der Waals surface area contributed by atoms with E-state index in [1.54, 1.807) is 4.90 Å². The molecule has 2 rings (SSSR count). The smallest absolute Gasteiger partial charge is 0.239 e. The van der Waals surface area contributed by atoms with Crippen LogP contribution in [0, 0.1) is 5.41 Å². The summed E-state index contributed by atoms with van der Waals surface area (Å²) >= 11 is 0. The van der Waals surface area contributed by atoms with E-state index in [9.17, 15) is 9.59 Å². The summed E-state index contributed by atoms with van der Waals surface area (Å²) in [7, 11) is 0. The minimum absolute atomic E-state index is 0.0130. The molecule has 5 heteroatoms. The zero-order chi connectivity index (χ0) is 16.2. The molecule has 0 bridgehead atoms. The molecular weight excluding hydrogens is 278 g/mol. The number of hydrogen-bond acceptors (Lipinski definition) is 3. The van der Waals surface area contributed by atoms with Crippen LogP contribution in [0.25, 0.3) is 0 Å². The first-order valence-corrected chi connectivity index (χ1v) is 7.71. The first-order valence-electron chi connectivity index (χ1n) is 7.71. The molecule has 5 nitrogen and oxygen atoms in total. The molecule has 0 aromatic heterocycles. The van der Waals surface area contributed by atoms with Gasteiger partial charge in [0.05, 0.1) is 13.1 Å². The van der Waals surface area contributed by atoms with Crippen molar-refractivity contribution in [2.24, 2.45) is 5.41 Å². The van der Waals surface area contributed by atoms with Gasteiger partial charge in [-0.3, -0.25) is 9.59 Å². The molecule has 0 radical (unpaired) electrons. The summed E-state index contributed by atoms with van der Waals surface area (Å²) in [5.41, 5.74) is 1.15. The van der Waals surface area contributed by atoms with Gasteiger partial charge in [0.2, 0.25) is 11.8 Å². The molecule has 1 fully saturated rings. The van der Waals surface area contributed by atoms with Crippen molar-refractivity contribution in [2.45, 2.75) is 26.8 Å².